The second kappa shape index (κ2) is 7.37. The Morgan fingerprint density at radius 1 is 0.963 bits per heavy atom. The molecular formula is C22H21N3OS. The lowest BCUT2D eigenvalue weighted by Crippen LogP contribution is -1.98. The lowest BCUT2D eigenvalue weighted by atomic mass is 10.0. The highest BCUT2D eigenvalue weighted by molar-refractivity contribution is 7.19. The molecule has 136 valence electrons. The fourth-order valence-electron chi connectivity index (χ4n) is 3.20. The molecule has 2 aromatic heterocycles. The zero-order chi connectivity index (χ0) is 18.8. The van der Waals surface area contributed by atoms with Crippen molar-refractivity contribution in [3.05, 3.63) is 65.3 Å². The van der Waals surface area contributed by atoms with E-state index in [4.69, 9.17) is 9.72 Å². The number of benzene rings is 2. The van der Waals surface area contributed by atoms with Crippen LogP contribution in [0.2, 0.25) is 0 Å². The Balaban J connectivity index is 1.86. The van der Waals surface area contributed by atoms with Crippen LogP contribution in [0.4, 0.5) is 11.5 Å². The summed E-state index contributed by atoms with van der Waals surface area (Å²) in [7, 11) is 0. The molecule has 0 saturated heterocycles. The number of aryl methyl sites for hydroxylation is 2. The molecule has 2 aromatic carbocycles. The summed E-state index contributed by atoms with van der Waals surface area (Å²) in [5, 5.41) is 4.54. The summed E-state index contributed by atoms with van der Waals surface area (Å²) in [6.07, 6.45) is 0. The van der Waals surface area contributed by atoms with Gasteiger partial charge in [-0.3, -0.25) is 0 Å². The van der Waals surface area contributed by atoms with Gasteiger partial charge in [-0.2, -0.15) is 0 Å². The van der Waals surface area contributed by atoms with Crippen molar-refractivity contribution in [1.82, 2.24) is 9.97 Å². The predicted molar refractivity (Wildman–Crippen MR) is 113 cm³/mol. The first kappa shape index (κ1) is 17.5. The van der Waals surface area contributed by atoms with Crippen molar-refractivity contribution in [3.8, 4) is 16.9 Å². The van der Waals surface area contributed by atoms with Crippen LogP contribution in [0.5, 0.6) is 5.75 Å². The van der Waals surface area contributed by atoms with Crippen molar-refractivity contribution in [2.75, 3.05) is 11.9 Å². The molecule has 0 atom stereocenters. The van der Waals surface area contributed by atoms with Crippen molar-refractivity contribution in [3.63, 3.8) is 0 Å². The summed E-state index contributed by atoms with van der Waals surface area (Å²) in [6.45, 7) is 6.73. The van der Waals surface area contributed by atoms with Gasteiger partial charge >= 0.3 is 0 Å². The van der Waals surface area contributed by atoms with Crippen LogP contribution in [0.25, 0.3) is 21.3 Å². The van der Waals surface area contributed by atoms with Crippen LogP contribution in [0.1, 0.15) is 17.6 Å². The van der Waals surface area contributed by atoms with Crippen LogP contribution in [-0.4, -0.2) is 16.6 Å². The van der Waals surface area contributed by atoms with Gasteiger partial charge in [-0.25, -0.2) is 9.97 Å². The first-order chi connectivity index (χ1) is 13.2. The van der Waals surface area contributed by atoms with E-state index in [2.05, 4.69) is 29.4 Å². The first-order valence-corrected chi connectivity index (χ1v) is 9.80. The van der Waals surface area contributed by atoms with Gasteiger partial charge in [0.15, 0.2) is 0 Å². The highest BCUT2D eigenvalue weighted by Gasteiger charge is 2.18. The summed E-state index contributed by atoms with van der Waals surface area (Å²) < 4.78 is 5.58. The number of anilines is 2. The minimum atomic E-state index is 0.665. The number of para-hydroxylation sites is 1. The zero-order valence-corrected chi connectivity index (χ0v) is 16.4. The second-order valence-corrected chi connectivity index (χ2v) is 7.48. The number of fused-ring (bicyclic) bond motifs is 1. The smallest absolute Gasteiger partial charge is 0.143 e. The largest absolute Gasteiger partial charge is 0.494 e. The SMILES string of the molecule is CCOc1ccc(-c2c(C)sc3nc(C)nc(Nc4ccccc4)c23)cc1. The summed E-state index contributed by atoms with van der Waals surface area (Å²) in [4.78, 5) is 11.6. The van der Waals surface area contributed by atoms with Crippen molar-refractivity contribution in [2.45, 2.75) is 20.8 Å². The van der Waals surface area contributed by atoms with Crippen LogP contribution < -0.4 is 10.1 Å². The molecule has 0 bridgehead atoms. The summed E-state index contributed by atoms with van der Waals surface area (Å²) in [6, 6.07) is 18.4. The van der Waals surface area contributed by atoms with Crippen molar-refractivity contribution < 1.29 is 4.74 Å². The maximum atomic E-state index is 5.58. The number of hydrogen-bond donors (Lipinski definition) is 1. The molecule has 0 aliphatic carbocycles. The van der Waals surface area contributed by atoms with Crippen molar-refractivity contribution >= 4 is 33.1 Å². The molecule has 0 radical (unpaired) electrons. The molecule has 4 aromatic rings. The highest BCUT2D eigenvalue weighted by Crippen LogP contribution is 2.41. The summed E-state index contributed by atoms with van der Waals surface area (Å²) in [5.74, 6) is 2.49. The number of aromatic nitrogens is 2. The molecular weight excluding hydrogens is 354 g/mol. The van der Waals surface area contributed by atoms with Gasteiger partial charge in [0.2, 0.25) is 0 Å². The topological polar surface area (TPSA) is 47.0 Å². The Labute approximate surface area is 162 Å². The molecule has 4 rings (SSSR count). The van der Waals surface area contributed by atoms with E-state index in [1.165, 1.54) is 10.4 Å². The predicted octanol–water partition coefficient (Wildman–Crippen LogP) is 6.12. The molecule has 0 aliphatic rings. The third-order valence-electron chi connectivity index (χ3n) is 4.33. The third kappa shape index (κ3) is 3.51. The lowest BCUT2D eigenvalue weighted by molar-refractivity contribution is 0.340. The quantitative estimate of drug-likeness (QED) is 0.457. The number of hydrogen-bond acceptors (Lipinski definition) is 5. The molecule has 0 aliphatic heterocycles. The molecule has 0 fully saturated rings. The fraction of sp³-hybridized carbons (Fsp3) is 0.182. The Hall–Kier alpha value is -2.92. The van der Waals surface area contributed by atoms with Gasteiger partial charge in [-0.1, -0.05) is 30.3 Å². The molecule has 0 amide bonds. The average Bonchev–Trinajstić information content (AvgIpc) is 2.99. The van der Waals surface area contributed by atoms with Crippen LogP contribution in [0.15, 0.2) is 54.6 Å². The monoisotopic (exact) mass is 375 g/mol. The molecule has 4 nitrogen and oxygen atoms in total. The summed E-state index contributed by atoms with van der Waals surface area (Å²) in [5.41, 5.74) is 3.33. The van der Waals surface area contributed by atoms with Gasteiger partial charge in [0.1, 0.15) is 22.2 Å². The van der Waals surface area contributed by atoms with E-state index in [1.54, 1.807) is 11.3 Å². The van der Waals surface area contributed by atoms with Gasteiger partial charge in [-0.15, -0.1) is 11.3 Å². The normalized spacial score (nSPS) is 10.9. The second-order valence-electron chi connectivity index (χ2n) is 6.28. The van der Waals surface area contributed by atoms with Crippen LogP contribution in [-0.2, 0) is 0 Å². The molecule has 27 heavy (non-hydrogen) atoms. The Bertz CT molecular complexity index is 1070. The van der Waals surface area contributed by atoms with Gasteiger partial charge in [-0.05, 0) is 50.6 Å². The van der Waals surface area contributed by atoms with Crippen molar-refractivity contribution in [2.24, 2.45) is 0 Å². The molecule has 5 heteroatoms. The van der Waals surface area contributed by atoms with Crippen molar-refractivity contribution in [1.29, 1.82) is 0 Å². The van der Waals surface area contributed by atoms with E-state index in [9.17, 15) is 0 Å². The minimum Gasteiger partial charge on any atom is -0.494 e. The van der Waals surface area contributed by atoms with Crippen LogP contribution >= 0.6 is 11.3 Å². The van der Waals surface area contributed by atoms with Crippen LogP contribution in [0.3, 0.4) is 0 Å². The molecule has 2 heterocycles. The Morgan fingerprint density at radius 2 is 1.70 bits per heavy atom. The van der Waals surface area contributed by atoms with Gasteiger partial charge < -0.3 is 10.1 Å². The fourth-order valence-corrected chi connectivity index (χ4v) is 4.29. The van der Waals surface area contributed by atoms with Gasteiger partial charge in [0.25, 0.3) is 0 Å². The molecule has 1 N–H and O–H groups in total. The Morgan fingerprint density at radius 3 is 2.41 bits per heavy atom. The highest BCUT2D eigenvalue weighted by atomic mass is 32.1. The van der Waals surface area contributed by atoms with E-state index in [-0.39, 0.29) is 0 Å². The molecule has 0 spiro atoms. The third-order valence-corrected chi connectivity index (χ3v) is 5.33. The number of nitrogens with zero attached hydrogens (tertiary/aromatic N) is 2. The lowest BCUT2D eigenvalue weighted by Gasteiger charge is -2.10. The standard InChI is InChI=1S/C22H21N3OS/c1-4-26-18-12-10-16(11-13-18)19-14(2)27-22-20(19)21(23-15(3)24-22)25-17-8-6-5-7-9-17/h5-13H,4H2,1-3H3,(H,23,24,25). The average molecular weight is 375 g/mol. The summed E-state index contributed by atoms with van der Waals surface area (Å²) >= 11 is 1.70. The van der Waals surface area contributed by atoms with E-state index in [0.29, 0.717) is 6.61 Å². The molecule has 0 unspecified atom stereocenters. The van der Waals surface area contributed by atoms with Gasteiger partial charge in [0, 0.05) is 16.1 Å². The van der Waals surface area contributed by atoms with E-state index < -0.39 is 0 Å². The maximum absolute atomic E-state index is 5.58. The van der Waals surface area contributed by atoms with E-state index >= 15 is 0 Å². The maximum Gasteiger partial charge on any atom is 0.143 e. The zero-order valence-electron chi connectivity index (χ0n) is 15.6. The Kier molecular flexibility index (Phi) is 4.77. The first-order valence-electron chi connectivity index (χ1n) is 8.98. The number of rotatable bonds is 5. The molecule has 0 saturated carbocycles. The number of nitrogens with one attached hydrogen (secondary N) is 1. The van der Waals surface area contributed by atoms with E-state index in [1.807, 2.05) is 56.3 Å². The number of ether oxygens (including phenoxy) is 1. The number of thiophene rings is 1. The minimum absolute atomic E-state index is 0.665. The van der Waals surface area contributed by atoms with E-state index in [0.717, 1.165) is 38.9 Å². The van der Waals surface area contributed by atoms with Gasteiger partial charge in [0.05, 0.1) is 12.0 Å². The van der Waals surface area contributed by atoms with Crippen LogP contribution in [0, 0.1) is 13.8 Å².